The third kappa shape index (κ3) is 4.79. The molecule has 17 heavy (non-hydrogen) atoms. The van der Waals surface area contributed by atoms with Crippen molar-refractivity contribution >= 4 is 18.0 Å². The van der Waals surface area contributed by atoms with Gasteiger partial charge in [-0.3, -0.25) is 4.79 Å². The third-order valence-corrected chi connectivity index (χ3v) is 2.00. The molecule has 0 atom stereocenters. The summed E-state index contributed by atoms with van der Waals surface area (Å²) in [7, 11) is 0. The first-order valence-electron chi connectivity index (χ1n) is 4.97. The van der Waals surface area contributed by atoms with Crippen molar-refractivity contribution in [2.75, 3.05) is 0 Å². The smallest absolute Gasteiger partial charge is 0.332 e. The van der Waals surface area contributed by atoms with Crippen LogP contribution in [0.25, 0.3) is 6.08 Å². The number of hydrogen-bond donors (Lipinski definition) is 2. The first-order chi connectivity index (χ1) is 8.09. The molecule has 1 rings (SSSR count). The number of carbonyl (C=O) groups is 2. The number of benzene rings is 1. The van der Waals surface area contributed by atoms with Crippen molar-refractivity contribution in [3.8, 4) is 0 Å². The highest BCUT2D eigenvalue weighted by Gasteiger charge is 2.10. The van der Waals surface area contributed by atoms with Gasteiger partial charge in [-0.05, 0) is 5.56 Å². The molecule has 0 aliphatic rings. The highest BCUT2D eigenvalue weighted by molar-refractivity contribution is 5.92. The molecule has 0 heterocycles. The first-order valence-corrected chi connectivity index (χ1v) is 4.97. The van der Waals surface area contributed by atoms with Gasteiger partial charge in [0.15, 0.2) is 0 Å². The van der Waals surface area contributed by atoms with Gasteiger partial charge < -0.3 is 10.2 Å². The Kier molecular flexibility index (Phi) is 4.69. The number of allylic oxidation sites excluding steroid dienone is 2. The molecule has 4 nitrogen and oxygen atoms in total. The molecule has 0 radical (unpaired) electrons. The van der Waals surface area contributed by atoms with Gasteiger partial charge in [0.2, 0.25) is 0 Å². The molecule has 0 unspecified atom stereocenters. The molecule has 0 saturated heterocycles. The standard InChI is InChI=1S/C13H12O4/c14-12(15)9-11(13(16)17)8-4-7-10-5-2-1-3-6-10/h1-8H,9H2,(H,14,15)(H,16,17). The summed E-state index contributed by atoms with van der Waals surface area (Å²) in [5.74, 6) is -2.38. The molecule has 2 N–H and O–H groups in total. The highest BCUT2D eigenvalue weighted by Crippen LogP contribution is 2.05. The Morgan fingerprint density at radius 1 is 1.12 bits per heavy atom. The summed E-state index contributed by atoms with van der Waals surface area (Å²) in [6.45, 7) is 0. The number of hydrogen-bond acceptors (Lipinski definition) is 2. The van der Waals surface area contributed by atoms with E-state index in [-0.39, 0.29) is 5.57 Å². The molecule has 0 aliphatic carbocycles. The second-order valence-corrected chi connectivity index (χ2v) is 3.34. The van der Waals surface area contributed by atoms with E-state index in [1.807, 2.05) is 30.3 Å². The van der Waals surface area contributed by atoms with Crippen LogP contribution in [0.1, 0.15) is 12.0 Å². The average molecular weight is 232 g/mol. The normalized spacial score (nSPS) is 11.6. The zero-order chi connectivity index (χ0) is 12.7. The Balaban J connectivity index is 2.76. The van der Waals surface area contributed by atoms with Gasteiger partial charge in [-0.25, -0.2) is 4.79 Å². The maximum Gasteiger partial charge on any atom is 0.332 e. The van der Waals surface area contributed by atoms with Crippen molar-refractivity contribution in [2.45, 2.75) is 6.42 Å². The fourth-order valence-electron chi connectivity index (χ4n) is 1.21. The van der Waals surface area contributed by atoms with Crippen molar-refractivity contribution in [2.24, 2.45) is 0 Å². The second kappa shape index (κ2) is 6.27. The summed E-state index contributed by atoms with van der Waals surface area (Å²) < 4.78 is 0. The van der Waals surface area contributed by atoms with Gasteiger partial charge in [0.1, 0.15) is 0 Å². The predicted molar refractivity (Wildman–Crippen MR) is 63.4 cm³/mol. The molecular formula is C13H12O4. The predicted octanol–water partition coefficient (Wildman–Crippen LogP) is 2.19. The summed E-state index contributed by atoms with van der Waals surface area (Å²) in [6, 6.07) is 9.32. The van der Waals surface area contributed by atoms with Crippen molar-refractivity contribution in [1.82, 2.24) is 0 Å². The molecule has 0 spiro atoms. The van der Waals surface area contributed by atoms with Crippen LogP contribution in [0.3, 0.4) is 0 Å². The fourth-order valence-corrected chi connectivity index (χ4v) is 1.21. The lowest BCUT2D eigenvalue weighted by Crippen LogP contribution is -2.06. The summed E-state index contributed by atoms with van der Waals surface area (Å²) in [5, 5.41) is 17.3. The molecule has 0 saturated carbocycles. The minimum absolute atomic E-state index is 0.148. The zero-order valence-corrected chi connectivity index (χ0v) is 9.04. The minimum atomic E-state index is -1.22. The Hall–Kier alpha value is -2.36. The number of carboxylic acid groups (broad SMARTS) is 2. The van der Waals surface area contributed by atoms with E-state index in [0.717, 1.165) is 5.56 Å². The van der Waals surface area contributed by atoms with Crippen LogP contribution in [-0.2, 0) is 9.59 Å². The molecule has 88 valence electrons. The molecule has 1 aromatic carbocycles. The van der Waals surface area contributed by atoms with Gasteiger partial charge in [-0.2, -0.15) is 0 Å². The van der Waals surface area contributed by atoms with Gasteiger partial charge in [-0.15, -0.1) is 0 Å². The largest absolute Gasteiger partial charge is 0.481 e. The van der Waals surface area contributed by atoms with Gasteiger partial charge in [-0.1, -0.05) is 48.6 Å². The van der Waals surface area contributed by atoms with Crippen LogP contribution < -0.4 is 0 Å². The molecule has 0 aliphatic heterocycles. The van der Waals surface area contributed by atoms with Crippen LogP contribution in [0, 0.1) is 0 Å². The Bertz CT molecular complexity index is 458. The van der Waals surface area contributed by atoms with Crippen LogP contribution in [0.4, 0.5) is 0 Å². The van der Waals surface area contributed by atoms with E-state index in [1.165, 1.54) is 12.2 Å². The molecule has 0 aromatic heterocycles. The lowest BCUT2D eigenvalue weighted by molar-refractivity contribution is -0.139. The molecule has 0 bridgehead atoms. The first kappa shape index (κ1) is 12.7. The SMILES string of the molecule is O=C(O)CC(=CC=Cc1ccccc1)C(=O)O. The van der Waals surface area contributed by atoms with E-state index in [0.29, 0.717) is 0 Å². The summed E-state index contributed by atoms with van der Waals surface area (Å²) >= 11 is 0. The van der Waals surface area contributed by atoms with E-state index in [2.05, 4.69) is 0 Å². The lowest BCUT2D eigenvalue weighted by Gasteiger charge is -1.95. The van der Waals surface area contributed by atoms with Crippen molar-refractivity contribution in [3.05, 3.63) is 53.6 Å². The van der Waals surface area contributed by atoms with E-state index < -0.39 is 18.4 Å². The quantitative estimate of drug-likeness (QED) is 0.602. The molecule has 0 amide bonds. The molecule has 1 aromatic rings. The van der Waals surface area contributed by atoms with E-state index in [9.17, 15) is 9.59 Å². The lowest BCUT2D eigenvalue weighted by atomic mass is 10.1. The van der Waals surface area contributed by atoms with Crippen LogP contribution in [0.2, 0.25) is 0 Å². The van der Waals surface area contributed by atoms with Gasteiger partial charge in [0, 0.05) is 5.57 Å². The minimum Gasteiger partial charge on any atom is -0.481 e. The topological polar surface area (TPSA) is 74.6 Å². The third-order valence-electron chi connectivity index (χ3n) is 2.00. The number of rotatable bonds is 5. The van der Waals surface area contributed by atoms with Crippen LogP contribution in [0.5, 0.6) is 0 Å². The zero-order valence-electron chi connectivity index (χ0n) is 9.04. The summed E-state index contributed by atoms with van der Waals surface area (Å²) in [6.07, 6.45) is 4.05. The van der Waals surface area contributed by atoms with Gasteiger partial charge >= 0.3 is 11.9 Å². The monoisotopic (exact) mass is 232 g/mol. The van der Waals surface area contributed by atoms with E-state index in [1.54, 1.807) is 6.08 Å². The molecule has 4 heteroatoms. The average Bonchev–Trinajstić information content (AvgIpc) is 2.28. The van der Waals surface area contributed by atoms with Crippen LogP contribution in [0.15, 0.2) is 48.1 Å². The summed E-state index contributed by atoms with van der Waals surface area (Å²) in [5.41, 5.74) is 0.772. The van der Waals surface area contributed by atoms with Crippen molar-refractivity contribution < 1.29 is 19.8 Å². The summed E-state index contributed by atoms with van der Waals surface area (Å²) in [4.78, 5) is 21.1. The molecule has 0 fully saturated rings. The Morgan fingerprint density at radius 3 is 2.29 bits per heavy atom. The Morgan fingerprint density at radius 2 is 1.76 bits per heavy atom. The van der Waals surface area contributed by atoms with Crippen molar-refractivity contribution in [3.63, 3.8) is 0 Å². The van der Waals surface area contributed by atoms with E-state index in [4.69, 9.17) is 10.2 Å². The van der Waals surface area contributed by atoms with Crippen LogP contribution in [-0.4, -0.2) is 22.2 Å². The van der Waals surface area contributed by atoms with Crippen LogP contribution >= 0.6 is 0 Å². The molecular weight excluding hydrogens is 220 g/mol. The maximum absolute atomic E-state index is 10.7. The van der Waals surface area contributed by atoms with Gasteiger partial charge in [0.05, 0.1) is 6.42 Å². The number of aliphatic carboxylic acids is 2. The van der Waals surface area contributed by atoms with E-state index >= 15 is 0 Å². The number of carboxylic acids is 2. The Labute approximate surface area is 98.5 Å². The maximum atomic E-state index is 10.7. The second-order valence-electron chi connectivity index (χ2n) is 3.34. The highest BCUT2D eigenvalue weighted by atomic mass is 16.4. The fraction of sp³-hybridized carbons (Fsp3) is 0.0769. The van der Waals surface area contributed by atoms with Crippen molar-refractivity contribution in [1.29, 1.82) is 0 Å². The van der Waals surface area contributed by atoms with Gasteiger partial charge in [0.25, 0.3) is 0 Å².